The topological polar surface area (TPSA) is 52.6 Å². The van der Waals surface area contributed by atoms with Crippen LogP contribution in [-0.4, -0.2) is 48.2 Å². The number of carbonyl (C=O) groups excluding carboxylic acids is 1. The van der Waals surface area contributed by atoms with Gasteiger partial charge in [0, 0.05) is 25.6 Å². The van der Waals surface area contributed by atoms with Crippen molar-refractivity contribution >= 4 is 5.91 Å². The predicted molar refractivity (Wildman–Crippen MR) is 78.2 cm³/mol. The molecule has 4 nitrogen and oxygen atoms in total. The average Bonchev–Trinajstić information content (AvgIpc) is 3.02. The minimum Gasteiger partial charge on any atom is -0.393 e. The Balaban J connectivity index is 1.71. The van der Waals surface area contributed by atoms with Crippen LogP contribution in [-0.2, 0) is 4.79 Å². The fraction of sp³-hybridized carbons (Fsp3) is 0.938. The molecule has 0 bridgehead atoms. The van der Waals surface area contributed by atoms with Crippen molar-refractivity contribution in [3.8, 4) is 0 Å². The van der Waals surface area contributed by atoms with E-state index >= 15 is 0 Å². The third kappa shape index (κ3) is 2.37. The predicted octanol–water partition coefficient (Wildman–Crippen LogP) is 1.39. The molecule has 2 aliphatic heterocycles. The van der Waals surface area contributed by atoms with E-state index < -0.39 is 0 Å². The molecule has 3 aliphatic rings. The quantitative estimate of drug-likeness (QED) is 0.821. The Morgan fingerprint density at radius 1 is 1.40 bits per heavy atom. The number of fused-ring (bicyclic) bond motifs is 1. The van der Waals surface area contributed by atoms with Crippen LogP contribution < -0.4 is 5.32 Å². The number of hydrogen-bond donors (Lipinski definition) is 2. The van der Waals surface area contributed by atoms with Gasteiger partial charge < -0.3 is 15.3 Å². The molecule has 4 atom stereocenters. The fourth-order valence-electron chi connectivity index (χ4n) is 4.69. The molecule has 0 aromatic carbocycles. The first kappa shape index (κ1) is 14.3. The number of amides is 1. The zero-order valence-electron chi connectivity index (χ0n) is 12.6. The smallest absolute Gasteiger partial charge is 0.230 e. The molecule has 114 valence electrons. The lowest BCUT2D eigenvalue weighted by molar-refractivity contribution is -0.143. The second kappa shape index (κ2) is 5.64. The Morgan fingerprint density at radius 2 is 2.25 bits per heavy atom. The summed E-state index contributed by atoms with van der Waals surface area (Å²) in [6.07, 6.45) is 6.04. The number of nitrogens with zero attached hydrogens (tertiary/aromatic N) is 1. The molecule has 0 aromatic rings. The van der Waals surface area contributed by atoms with E-state index in [0.717, 1.165) is 64.7 Å². The van der Waals surface area contributed by atoms with Crippen molar-refractivity contribution in [3.63, 3.8) is 0 Å². The van der Waals surface area contributed by atoms with Gasteiger partial charge in [-0.25, -0.2) is 0 Å². The molecular weight excluding hydrogens is 252 g/mol. The summed E-state index contributed by atoms with van der Waals surface area (Å²) in [6.45, 7) is 5.73. The Bertz CT molecular complexity index is 360. The summed E-state index contributed by atoms with van der Waals surface area (Å²) in [4.78, 5) is 15.1. The van der Waals surface area contributed by atoms with E-state index in [2.05, 4.69) is 17.1 Å². The van der Waals surface area contributed by atoms with E-state index in [9.17, 15) is 9.90 Å². The normalized spacial score (nSPS) is 40.9. The van der Waals surface area contributed by atoms with Crippen LogP contribution in [0.1, 0.15) is 45.4 Å². The molecule has 1 amide bonds. The van der Waals surface area contributed by atoms with Crippen molar-refractivity contribution in [2.45, 2.75) is 51.6 Å². The summed E-state index contributed by atoms with van der Waals surface area (Å²) < 4.78 is 0. The van der Waals surface area contributed by atoms with Crippen LogP contribution in [0.15, 0.2) is 0 Å². The van der Waals surface area contributed by atoms with Crippen molar-refractivity contribution in [2.75, 3.05) is 26.2 Å². The second-order valence-corrected chi connectivity index (χ2v) is 7.09. The second-order valence-electron chi connectivity index (χ2n) is 7.09. The van der Waals surface area contributed by atoms with Crippen LogP contribution in [0, 0.1) is 17.3 Å². The van der Waals surface area contributed by atoms with Gasteiger partial charge in [0.2, 0.25) is 5.91 Å². The van der Waals surface area contributed by atoms with Gasteiger partial charge in [-0.15, -0.1) is 0 Å². The van der Waals surface area contributed by atoms with E-state index in [4.69, 9.17) is 0 Å². The van der Waals surface area contributed by atoms with Gasteiger partial charge in [-0.05, 0) is 44.6 Å². The average molecular weight is 280 g/mol. The van der Waals surface area contributed by atoms with Gasteiger partial charge in [0.25, 0.3) is 0 Å². The van der Waals surface area contributed by atoms with E-state index in [0.29, 0.717) is 17.7 Å². The van der Waals surface area contributed by atoms with Gasteiger partial charge in [0.05, 0.1) is 11.5 Å². The highest BCUT2D eigenvalue weighted by molar-refractivity contribution is 5.83. The van der Waals surface area contributed by atoms with E-state index in [1.165, 1.54) is 0 Å². The first-order valence-electron chi connectivity index (χ1n) is 8.34. The number of hydrogen-bond acceptors (Lipinski definition) is 3. The SMILES string of the molecule is CCCC1(C(=O)N2CC3CCC(O)C3C2)CCCNC1. The summed E-state index contributed by atoms with van der Waals surface area (Å²) in [5, 5.41) is 13.5. The molecular formula is C16H28N2O2. The summed E-state index contributed by atoms with van der Waals surface area (Å²) in [5.41, 5.74) is -0.170. The summed E-state index contributed by atoms with van der Waals surface area (Å²) >= 11 is 0. The van der Waals surface area contributed by atoms with Crippen LogP contribution in [0.25, 0.3) is 0 Å². The Hall–Kier alpha value is -0.610. The molecule has 3 fully saturated rings. The van der Waals surface area contributed by atoms with Crippen molar-refractivity contribution in [3.05, 3.63) is 0 Å². The number of carbonyl (C=O) groups is 1. The van der Waals surface area contributed by atoms with Crippen LogP contribution in [0.2, 0.25) is 0 Å². The van der Waals surface area contributed by atoms with Crippen molar-refractivity contribution in [1.29, 1.82) is 0 Å². The van der Waals surface area contributed by atoms with E-state index in [1.807, 2.05) is 0 Å². The molecule has 1 aliphatic carbocycles. The van der Waals surface area contributed by atoms with Gasteiger partial charge in [0.15, 0.2) is 0 Å². The molecule has 4 unspecified atom stereocenters. The first-order valence-corrected chi connectivity index (χ1v) is 8.34. The summed E-state index contributed by atoms with van der Waals surface area (Å²) in [5.74, 6) is 1.24. The highest BCUT2D eigenvalue weighted by Gasteiger charge is 2.48. The number of nitrogens with one attached hydrogen (secondary N) is 1. The van der Waals surface area contributed by atoms with Gasteiger partial charge in [-0.1, -0.05) is 13.3 Å². The fourth-order valence-corrected chi connectivity index (χ4v) is 4.69. The van der Waals surface area contributed by atoms with Gasteiger partial charge in [-0.3, -0.25) is 4.79 Å². The van der Waals surface area contributed by atoms with E-state index in [1.54, 1.807) is 0 Å². The standard InChI is InChI=1S/C16H28N2O2/c1-2-6-16(7-3-8-17-11-16)15(20)18-9-12-4-5-14(19)13(12)10-18/h12-14,17,19H,2-11H2,1H3. The number of aliphatic hydroxyl groups is 1. The van der Waals surface area contributed by atoms with Crippen molar-refractivity contribution < 1.29 is 9.90 Å². The maximum absolute atomic E-state index is 13.1. The lowest BCUT2D eigenvalue weighted by atomic mass is 9.75. The Morgan fingerprint density at radius 3 is 2.90 bits per heavy atom. The zero-order valence-corrected chi connectivity index (χ0v) is 12.6. The Labute approximate surface area is 121 Å². The van der Waals surface area contributed by atoms with Crippen LogP contribution in [0.5, 0.6) is 0 Å². The lowest BCUT2D eigenvalue weighted by Gasteiger charge is -2.39. The summed E-state index contributed by atoms with van der Waals surface area (Å²) in [7, 11) is 0. The molecule has 4 heteroatoms. The minimum atomic E-state index is -0.176. The van der Waals surface area contributed by atoms with E-state index in [-0.39, 0.29) is 11.5 Å². The van der Waals surface area contributed by atoms with Gasteiger partial charge in [-0.2, -0.15) is 0 Å². The monoisotopic (exact) mass is 280 g/mol. The molecule has 2 heterocycles. The molecule has 2 saturated heterocycles. The minimum absolute atomic E-state index is 0.170. The Kier molecular flexibility index (Phi) is 4.04. The highest BCUT2D eigenvalue weighted by atomic mass is 16.3. The van der Waals surface area contributed by atoms with Gasteiger partial charge >= 0.3 is 0 Å². The molecule has 0 aromatic heterocycles. The molecule has 2 N–H and O–H groups in total. The maximum Gasteiger partial charge on any atom is 0.230 e. The lowest BCUT2D eigenvalue weighted by Crippen LogP contribution is -2.51. The number of piperidine rings is 1. The molecule has 3 rings (SSSR count). The molecule has 0 spiro atoms. The van der Waals surface area contributed by atoms with Crippen molar-refractivity contribution in [2.24, 2.45) is 17.3 Å². The largest absolute Gasteiger partial charge is 0.393 e. The molecule has 0 radical (unpaired) electrons. The molecule has 20 heavy (non-hydrogen) atoms. The third-order valence-electron chi connectivity index (χ3n) is 5.76. The molecule has 1 saturated carbocycles. The number of likely N-dealkylation sites (tertiary alicyclic amines) is 1. The summed E-state index contributed by atoms with van der Waals surface area (Å²) in [6, 6.07) is 0. The zero-order chi connectivity index (χ0) is 14.2. The van der Waals surface area contributed by atoms with Crippen LogP contribution in [0.4, 0.5) is 0 Å². The highest BCUT2D eigenvalue weighted by Crippen LogP contribution is 2.41. The number of rotatable bonds is 3. The van der Waals surface area contributed by atoms with Gasteiger partial charge in [0.1, 0.15) is 0 Å². The van der Waals surface area contributed by atoms with Crippen LogP contribution >= 0.6 is 0 Å². The maximum atomic E-state index is 13.1. The first-order chi connectivity index (χ1) is 9.66. The number of aliphatic hydroxyl groups excluding tert-OH is 1. The van der Waals surface area contributed by atoms with Crippen LogP contribution in [0.3, 0.4) is 0 Å². The third-order valence-corrected chi connectivity index (χ3v) is 5.76. The van der Waals surface area contributed by atoms with Crippen molar-refractivity contribution in [1.82, 2.24) is 10.2 Å².